The quantitative estimate of drug-likeness (QED) is 0.770. The van der Waals surface area contributed by atoms with Crippen LogP contribution in [0.5, 0.6) is 0 Å². The van der Waals surface area contributed by atoms with Gasteiger partial charge in [0.2, 0.25) is 12.3 Å². The number of benzene rings is 1. The van der Waals surface area contributed by atoms with Crippen LogP contribution in [0.1, 0.15) is 22.3 Å². The van der Waals surface area contributed by atoms with Crippen LogP contribution in [0.15, 0.2) is 24.3 Å². The van der Waals surface area contributed by atoms with Crippen LogP contribution < -0.4 is 5.73 Å². The van der Waals surface area contributed by atoms with Gasteiger partial charge in [0.1, 0.15) is 0 Å². The predicted molar refractivity (Wildman–Crippen MR) is 45.8 cm³/mol. The minimum atomic E-state index is -1.61. The summed E-state index contributed by atoms with van der Waals surface area (Å²) in [6, 6.07) is 6.16. The zero-order chi connectivity index (χ0) is 9.84. The van der Waals surface area contributed by atoms with Gasteiger partial charge in [0.05, 0.1) is 0 Å². The van der Waals surface area contributed by atoms with E-state index in [-0.39, 0.29) is 11.1 Å². The van der Waals surface area contributed by atoms with Crippen molar-refractivity contribution in [3.8, 4) is 0 Å². The van der Waals surface area contributed by atoms with Crippen LogP contribution in [0, 0.1) is 0 Å². The molecule has 3 nitrogen and oxygen atoms in total. The summed E-state index contributed by atoms with van der Waals surface area (Å²) in [5.41, 5.74) is 5.36. The minimum Gasteiger partial charge on any atom is -0.366 e. The first-order valence-electron chi connectivity index (χ1n) is 3.72. The summed E-state index contributed by atoms with van der Waals surface area (Å²) in [5.74, 6) is -0.657. The molecule has 0 heterocycles. The highest BCUT2D eigenvalue weighted by Crippen LogP contribution is 2.21. The first-order chi connectivity index (χ1) is 6.16. The van der Waals surface area contributed by atoms with Gasteiger partial charge in [-0.05, 0) is 6.07 Å². The van der Waals surface area contributed by atoms with Gasteiger partial charge >= 0.3 is 0 Å². The Morgan fingerprint density at radius 2 is 2.15 bits per heavy atom. The summed E-state index contributed by atoms with van der Waals surface area (Å²) in [7, 11) is 1.22. The molecular weight excluding hydrogens is 173 g/mol. The number of halogens is 1. The normalized spacial score (nSPS) is 12.5. The maximum atomic E-state index is 13.1. The lowest BCUT2D eigenvalue weighted by Gasteiger charge is -2.09. The number of rotatable bonds is 3. The van der Waals surface area contributed by atoms with Gasteiger partial charge in [-0.2, -0.15) is 0 Å². The summed E-state index contributed by atoms with van der Waals surface area (Å²) in [6.45, 7) is 0. The highest BCUT2D eigenvalue weighted by molar-refractivity contribution is 5.94. The lowest BCUT2D eigenvalue weighted by atomic mass is 10.1. The second-order valence-corrected chi connectivity index (χ2v) is 2.50. The first kappa shape index (κ1) is 9.67. The molecule has 0 fully saturated rings. The van der Waals surface area contributed by atoms with Gasteiger partial charge in [0.15, 0.2) is 0 Å². The number of alkyl halides is 1. The Bertz CT molecular complexity index is 314. The van der Waals surface area contributed by atoms with E-state index in [4.69, 9.17) is 5.73 Å². The van der Waals surface area contributed by atoms with Crippen molar-refractivity contribution in [3.63, 3.8) is 0 Å². The maximum Gasteiger partial charge on any atom is 0.249 e. The molecule has 0 saturated carbocycles. The number of amides is 1. The standard InChI is InChI=1S/C9H10FNO2/c1-13-8(10)6-4-2-3-5-7(6)9(11)12/h2-5,8H,1H3,(H2,11,12). The molecule has 0 saturated heterocycles. The van der Waals surface area contributed by atoms with E-state index in [0.717, 1.165) is 0 Å². The van der Waals surface area contributed by atoms with E-state index in [0.29, 0.717) is 0 Å². The molecule has 13 heavy (non-hydrogen) atoms. The van der Waals surface area contributed by atoms with Gasteiger partial charge in [-0.25, -0.2) is 4.39 Å². The minimum absolute atomic E-state index is 0.150. The third kappa shape index (κ3) is 2.03. The third-order valence-corrected chi connectivity index (χ3v) is 1.68. The van der Waals surface area contributed by atoms with Crippen LogP contribution in [0.3, 0.4) is 0 Å². The molecule has 0 aliphatic heterocycles. The number of primary amides is 1. The number of hydrogen-bond donors (Lipinski definition) is 1. The van der Waals surface area contributed by atoms with Gasteiger partial charge in [-0.1, -0.05) is 18.2 Å². The lowest BCUT2D eigenvalue weighted by Crippen LogP contribution is -2.14. The smallest absolute Gasteiger partial charge is 0.249 e. The highest BCUT2D eigenvalue weighted by Gasteiger charge is 2.15. The molecule has 1 rings (SSSR count). The van der Waals surface area contributed by atoms with Crippen LogP contribution in [0.25, 0.3) is 0 Å². The molecule has 1 amide bonds. The predicted octanol–water partition coefficient (Wildman–Crippen LogP) is 1.40. The zero-order valence-corrected chi connectivity index (χ0v) is 7.16. The van der Waals surface area contributed by atoms with Crippen molar-refractivity contribution in [2.75, 3.05) is 7.11 Å². The summed E-state index contributed by atoms with van der Waals surface area (Å²) < 4.78 is 17.5. The number of ether oxygens (including phenoxy) is 1. The molecule has 2 N–H and O–H groups in total. The Morgan fingerprint density at radius 1 is 1.54 bits per heavy atom. The topological polar surface area (TPSA) is 52.3 Å². The first-order valence-corrected chi connectivity index (χ1v) is 3.72. The second kappa shape index (κ2) is 4.00. The Hall–Kier alpha value is -1.42. The molecule has 1 atom stereocenters. The molecule has 1 aromatic rings. The Kier molecular flexibility index (Phi) is 2.97. The van der Waals surface area contributed by atoms with Crippen molar-refractivity contribution >= 4 is 5.91 Å². The number of methoxy groups -OCH3 is 1. The van der Waals surface area contributed by atoms with Crippen LogP contribution in [0.2, 0.25) is 0 Å². The van der Waals surface area contributed by atoms with Gasteiger partial charge in [-0.15, -0.1) is 0 Å². The molecule has 0 aromatic heterocycles. The van der Waals surface area contributed by atoms with Gasteiger partial charge in [0.25, 0.3) is 0 Å². The maximum absolute atomic E-state index is 13.1. The average Bonchev–Trinajstić information content (AvgIpc) is 2.16. The molecule has 1 aromatic carbocycles. The SMILES string of the molecule is COC(F)c1ccccc1C(N)=O. The molecule has 1 unspecified atom stereocenters. The zero-order valence-electron chi connectivity index (χ0n) is 7.16. The third-order valence-electron chi connectivity index (χ3n) is 1.68. The van der Waals surface area contributed by atoms with Crippen molar-refractivity contribution in [2.45, 2.75) is 6.36 Å². The number of hydrogen-bond acceptors (Lipinski definition) is 2. The number of nitrogens with two attached hydrogens (primary N) is 1. The molecule has 0 aliphatic rings. The number of carbonyl (C=O) groups is 1. The molecule has 4 heteroatoms. The molecular formula is C9H10FNO2. The molecule has 0 radical (unpaired) electrons. The van der Waals surface area contributed by atoms with E-state index in [1.54, 1.807) is 12.1 Å². The van der Waals surface area contributed by atoms with Crippen molar-refractivity contribution in [1.29, 1.82) is 0 Å². The summed E-state index contributed by atoms with van der Waals surface area (Å²) >= 11 is 0. The van der Waals surface area contributed by atoms with Crippen molar-refractivity contribution in [2.24, 2.45) is 5.73 Å². The Balaban J connectivity index is 3.11. The van der Waals surface area contributed by atoms with Crippen LogP contribution in [0.4, 0.5) is 4.39 Å². The Labute approximate surface area is 75.3 Å². The molecule has 70 valence electrons. The fraction of sp³-hybridized carbons (Fsp3) is 0.222. The van der Waals surface area contributed by atoms with Gasteiger partial charge in [0, 0.05) is 18.2 Å². The monoisotopic (exact) mass is 183 g/mol. The van der Waals surface area contributed by atoms with Crippen molar-refractivity contribution in [1.82, 2.24) is 0 Å². The Morgan fingerprint density at radius 3 is 2.69 bits per heavy atom. The fourth-order valence-corrected chi connectivity index (χ4v) is 1.05. The second-order valence-electron chi connectivity index (χ2n) is 2.50. The fourth-order valence-electron chi connectivity index (χ4n) is 1.05. The average molecular weight is 183 g/mol. The van der Waals surface area contributed by atoms with E-state index in [1.165, 1.54) is 19.2 Å². The van der Waals surface area contributed by atoms with Crippen LogP contribution in [-0.2, 0) is 4.74 Å². The van der Waals surface area contributed by atoms with E-state index >= 15 is 0 Å². The van der Waals surface area contributed by atoms with E-state index in [2.05, 4.69) is 4.74 Å². The molecule has 0 aliphatic carbocycles. The summed E-state index contributed by atoms with van der Waals surface area (Å²) in [6.07, 6.45) is -1.61. The lowest BCUT2D eigenvalue weighted by molar-refractivity contribution is -0.00715. The van der Waals surface area contributed by atoms with Gasteiger partial charge in [-0.3, -0.25) is 4.79 Å². The van der Waals surface area contributed by atoms with E-state index in [9.17, 15) is 9.18 Å². The highest BCUT2D eigenvalue weighted by atomic mass is 19.1. The largest absolute Gasteiger partial charge is 0.366 e. The van der Waals surface area contributed by atoms with E-state index < -0.39 is 12.3 Å². The summed E-state index contributed by atoms with van der Waals surface area (Å²) in [4.78, 5) is 10.8. The number of carbonyl (C=O) groups excluding carboxylic acids is 1. The van der Waals surface area contributed by atoms with Gasteiger partial charge < -0.3 is 10.5 Å². The van der Waals surface area contributed by atoms with Crippen LogP contribution >= 0.6 is 0 Å². The van der Waals surface area contributed by atoms with Crippen LogP contribution in [-0.4, -0.2) is 13.0 Å². The molecule has 0 bridgehead atoms. The van der Waals surface area contributed by atoms with Crippen molar-refractivity contribution in [3.05, 3.63) is 35.4 Å². The summed E-state index contributed by atoms with van der Waals surface area (Å²) in [5, 5.41) is 0. The molecule has 0 spiro atoms. The van der Waals surface area contributed by atoms with Crippen molar-refractivity contribution < 1.29 is 13.9 Å². The van der Waals surface area contributed by atoms with E-state index in [1.807, 2.05) is 0 Å².